The summed E-state index contributed by atoms with van der Waals surface area (Å²) >= 11 is 0. The summed E-state index contributed by atoms with van der Waals surface area (Å²) in [7, 11) is 3.22. The number of nitrogen functional groups attached to an aromatic ring is 1. The first-order valence-electron chi connectivity index (χ1n) is 6.29. The molecule has 2 heterocycles. The average Bonchev–Trinajstić information content (AvgIpc) is 2.48. The zero-order valence-electron chi connectivity index (χ0n) is 12.4. The fraction of sp³-hybridized carbons (Fsp3) is 0.667. The second-order valence-electron chi connectivity index (χ2n) is 5.99. The first kappa shape index (κ1) is 14.1. The van der Waals surface area contributed by atoms with E-state index in [9.17, 15) is 0 Å². The Morgan fingerprint density at radius 3 is 2.16 bits per heavy atom. The Labute approximate surface area is 114 Å². The topological polar surface area (TPSA) is 73.5 Å². The van der Waals surface area contributed by atoms with E-state index in [1.165, 1.54) is 0 Å². The predicted molar refractivity (Wildman–Crippen MR) is 76.5 cm³/mol. The smallest absolute Gasteiger partial charge is 0.398 e. The molecule has 0 unspecified atom stereocenters. The maximum atomic E-state index is 5.94. The lowest BCUT2D eigenvalue weighted by Crippen LogP contribution is -2.41. The molecule has 1 aromatic rings. The van der Waals surface area contributed by atoms with Crippen molar-refractivity contribution in [1.29, 1.82) is 0 Å². The van der Waals surface area contributed by atoms with Crippen LogP contribution in [0.1, 0.15) is 27.7 Å². The molecule has 6 nitrogen and oxygen atoms in total. The van der Waals surface area contributed by atoms with Crippen molar-refractivity contribution < 1.29 is 9.31 Å². The highest BCUT2D eigenvalue weighted by Gasteiger charge is 2.52. The van der Waals surface area contributed by atoms with Crippen molar-refractivity contribution in [2.45, 2.75) is 38.9 Å². The van der Waals surface area contributed by atoms with Crippen LogP contribution in [-0.2, 0) is 9.31 Å². The van der Waals surface area contributed by atoms with Crippen molar-refractivity contribution in [2.75, 3.05) is 24.7 Å². The predicted octanol–water partition coefficient (Wildman–Crippen LogP) is 0.424. The lowest BCUT2D eigenvalue weighted by atomic mass is 9.85. The van der Waals surface area contributed by atoms with Crippen LogP contribution in [0.3, 0.4) is 0 Å². The highest BCUT2D eigenvalue weighted by molar-refractivity contribution is 6.61. The van der Waals surface area contributed by atoms with Crippen molar-refractivity contribution in [3.63, 3.8) is 0 Å². The van der Waals surface area contributed by atoms with Gasteiger partial charge in [0.15, 0.2) is 11.6 Å². The molecule has 0 radical (unpaired) electrons. The minimum Gasteiger partial charge on any atom is -0.398 e. The molecule has 0 atom stereocenters. The summed E-state index contributed by atoms with van der Waals surface area (Å²) in [6, 6.07) is 0. The summed E-state index contributed by atoms with van der Waals surface area (Å²) in [5, 5.41) is 0. The fourth-order valence-corrected chi connectivity index (χ4v) is 1.81. The first-order chi connectivity index (χ1) is 8.64. The molecule has 2 rings (SSSR count). The van der Waals surface area contributed by atoms with Crippen LogP contribution in [0.4, 0.5) is 11.6 Å². The van der Waals surface area contributed by atoms with Gasteiger partial charge in [0.05, 0.1) is 16.8 Å². The molecule has 0 spiro atoms. The number of hydrogen-bond donors (Lipinski definition) is 1. The summed E-state index contributed by atoms with van der Waals surface area (Å²) in [5.74, 6) is 1.01. The van der Waals surface area contributed by atoms with Crippen molar-refractivity contribution >= 4 is 24.3 Å². The molecular weight excluding hydrogens is 243 g/mol. The van der Waals surface area contributed by atoms with Crippen molar-refractivity contribution in [3.8, 4) is 0 Å². The second-order valence-corrected chi connectivity index (χ2v) is 5.99. The summed E-state index contributed by atoms with van der Waals surface area (Å²) < 4.78 is 11.9. The molecule has 1 aliphatic heterocycles. The van der Waals surface area contributed by atoms with Gasteiger partial charge in [0.25, 0.3) is 0 Å². The van der Waals surface area contributed by atoms with Crippen molar-refractivity contribution in [2.24, 2.45) is 0 Å². The zero-order valence-corrected chi connectivity index (χ0v) is 12.4. The van der Waals surface area contributed by atoms with Crippen molar-refractivity contribution in [1.82, 2.24) is 9.97 Å². The summed E-state index contributed by atoms with van der Waals surface area (Å²) in [5.41, 5.74) is 5.65. The maximum absolute atomic E-state index is 5.94. The normalized spacial score (nSPS) is 20.6. The fourth-order valence-electron chi connectivity index (χ4n) is 1.81. The van der Waals surface area contributed by atoms with Gasteiger partial charge < -0.3 is 19.9 Å². The van der Waals surface area contributed by atoms with E-state index in [2.05, 4.69) is 9.97 Å². The highest BCUT2D eigenvalue weighted by atomic mass is 16.7. The van der Waals surface area contributed by atoms with Crippen LogP contribution in [0, 0.1) is 0 Å². The van der Waals surface area contributed by atoms with Crippen LogP contribution in [0.5, 0.6) is 0 Å². The molecule has 19 heavy (non-hydrogen) atoms. The third-order valence-electron chi connectivity index (χ3n) is 3.72. The molecule has 0 saturated carbocycles. The van der Waals surface area contributed by atoms with Gasteiger partial charge in [0, 0.05) is 20.3 Å². The minimum atomic E-state index is -0.517. The van der Waals surface area contributed by atoms with E-state index in [0.717, 1.165) is 0 Å². The van der Waals surface area contributed by atoms with E-state index in [0.29, 0.717) is 17.2 Å². The summed E-state index contributed by atoms with van der Waals surface area (Å²) in [6.45, 7) is 8.02. The molecular formula is C12H21BN4O2. The summed E-state index contributed by atoms with van der Waals surface area (Å²) in [6.07, 6.45) is 1.60. The Morgan fingerprint density at radius 2 is 1.68 bits per heavy atom. The minimum absolute atomic E-state index is 0.390. The number of nitrogens with two attached hydrogens (primary N) is 1. The van der Waals surface area contributed by atoms with E-state index in [1.54, 1.807) is 6.20 Å². The van der Waals surface area contributed by atoms with Gasteiger partial charge in [0.1, 0.15) is 0 Å². The Kier molecular flexibility index (Phi) is 3.22. The van der Waals surface area contributed by atoms with Crippen molar-refractivity contribution in [3.05, 3.63) is 6.20 Å². The lowest BCUT2D eigenvalue weighted by Gasteiger charge is -2.32. The quantitative estimate of drug-likeness (QED) is 0.780. The standard InChI is InChI=1S/C12H21BN4O2/c1-11(2)12(3,4)19-13(18-11)8-7-15-9(14)10(16-8)17(5)6/h7H,1-6H3,(H2,14,15). The molecule has 1 fully saturated rings. The van der Waals surface area contributed by atoms with E-state index in [4.69, 9.17) is 15.0 Å². The molecule has 7 heteroatoms. The van der Waals surface area contributed by atoms with Crippen LogP contribution >= 0.6 is 0 Å². The molecule has 0 aromatic carbocycles. The van der Waals surface area contributed by atoms with Gasteiger partial charge in [-0.1, -0.05) is 0 Å². The molecule has 0 aliphatic carbocycles. The highest BCUT2D eigenvalue weighted by Crippen LogP contribution is 2.36. The molecule has 104 valence electrons. The largest absolute Gasteiger partial charge is 0.516 e. The van der Waals surface area contributed by atoms with Crippen LogP contribution in [0.15, 0.2) is 6.20 Å². The SMILES string of the molecule is CN(C)c1nc(B2OC(C)(C)C(C)(C)O2)cnc1N. The summed E-state index contributed by atoms with van der Waals surface area (Å²) in [4.78, 5) is 10.4. The van der Waals surface area contributed by atoms with E-state index in [1.807, 2.05) is 46.7 Å². The van der Waals surface area contributed by atoms with Crippen LogP contribution in [0.2, 0.25) is 0 Å². The number of nitrogens with zero attached hydrogens (tertiary/aromatic N) is 3. The monoisotopic (exact) mass is 264 g/mol. The Morgan fingerprint density at radius 1 is 1.16 bits per heavy atom. The van der Waals surface area contributed by atoms with Gasteiger partial charge in [-0.3, -0.25) is 0 Å². The Balaban J connectivity index is 2.32. The first-order valence-corrected chi connectivity index (χ1v) is 6.29. The van der Waals surface area contributed by atoms with Crippen LogP contribution < -0.4 is 16.2 Å². The Hall–Kier alpha value is -1.34. The maximum Gasteiger partial charge on any atom is 0.516 e. The zero-order chi connectivity index (χ0) is 14.4. The van der Waals surface area contributed by atoms with Crippen LogP contribution in [0.25, 0.3) is 0 Å². The third kappa shape index (κ3) is 2.40. The van der Waals surface area contributed by atoms with E-state index >= 15 is 0 Å². The number of aromatic nitrogens is 2. The lowest BCUT2D eigenvalue weighted by molar-refractivity contribution is 0.00578. The van der Waals surface area contributed by atoms with Crippen LogP contribution in [-0.4, -0.2) is 42.4 Å². The number of anilines is 2. The Bertz CT molecular complexity index is 475. The second kappa shape index (κ2) is 4.35. The van der Waals surface area contributed by atoms with E-state index < -0.39 is 7.12 Å². The van der Waals surface area contributed by atoms with Gasteiger partial charge in [-0.05, 0) is 27.7 Å². The molecule has 1 saturated heterocycles. The molecule has 0 amide bonds. The van der Waals surface area contributed by atoms with Gasteiger partial charge in [0.2, 0.25) is 0 Å². The number of hydrogen-bond acceptors (Lipinski definition) is 6. The molecule has 0 bridgehead atoms. The molecule has 1 aromatic heterocycles. The molecule has 2 N–H and O–H groups in total. The van der Waals surface area contributed by atoms with Gasteiger partial charge in [-0.15, -0.1) is 0 Å². The van der Waals surface area contributed by atoms with Gasteiger partial charge in [-0.25, -0.2) is 9.97 Å². The molecule has 1 aliphatic rings. The number of rotatable bonds is 2. The van der Waals surface area contributed by atoms with Gasteiger partial charge in [-0.2, -0.15) is 0 Å². The van der Waals surface area contributed by atoms with E-state index in [-0.39, 0.29) is 11.2 Å². The van der Waals surface area contributed by atoms with Gasteiger partial charge >= 0.3 is 7.12 Å². The average molecular weight is 264 g/mol. The third-order valence-corrected chi connectivity index (χ3v) is 3.72.